The van der Waals surface area contributed by atoms with Crippen molar-refractivity contribution in [3.05, 3.63) is 0 Å². The fourth-order valence-corrected chi connectivity index (χ4v) is 0.391. The summed E-state index contributed by atoms with van der Waals surface area (Å²) in [6, 6.07) is 0. The van der Waals surface area contributed by atoms with Crippen LogP contribution < -0.4 is 0 Å². The fourth-order valence-electron chi connectivity index (χ4n) is 0.391. The molecule has 0 bridgehead atoms. The molecule has 0 aromatic heterocycles. The molecule has 0 aromatic rings. The van der Waals surface area contributed by atoms with Crippen LogP contribution in [0.15, 0.2) is 0 Å². The lowest BCUT2D eigenvalue weighted by Gasteiger charge is -2.08. The largest absolute Gasteiger partial charge is 0.494 e. The number of carbonyl (C=O) groups is 1. The van der Waals surface area contributed by atoms with Gasteiger partial charge in [-0.05, 0) is 25.6 Å². The fraction of sp³-hybridized carbons (Fsp3) is 0.750. The number of rotatable bonds is 3. The molecule has 0 heterocycles. The molecule has 0 aliphatic carbocycles. The maximum Gasteiger partial charge on any atom is 0.305 e. The van der Waals surface area contributed by atoms with Gasteiger partial charge in [0, 0.05) is 6.42 Å². The molecule has 0 amide bonds. The van der Waals surface area contributed by atoms with E-state index in [4.69, 9.17) is 9.84 Å². The van der Waals surface area contributed by atoms with E-state index in [1.807, 2.05) is 13.8 Å². The molecule has 13 heavy (non-hydrogen) atoms. The lowest BCUT2D eigenvalue weighted by molar-refractivity contribution is -0.147. The molecule has 0 saturated heterocycles. The molecule has 0 aromatic carbocycles. The van der Waals surface area contributed by atoms with Gasteiger partial charge in [0.05, 0.1) is 6.10 Å². The molecule has 5 heteroatoms. The average Bonchev–Trinajstić information content (AvgIpc) is 2.03. The number of thiocarbonyl (C=S) groups is 1. The van der Waals surface area contributed by atoms with E-state index < -0.39 is 0 Å². The van der Waals surface area contributed by atoms with Crippen LogP contribution in [0.4, 0.5) is 0 Å². The highest BCUT2D eigenvalue weighted by Crippen LogP contribution is 1.97. The highest BCUT2D eigenvalue weighted by Gasteiger charge is 2.02. The van der Waals surface area contributed by atoms with E-state index in [0.29, 0.717) is 6.42 Å². The second kappa shape index (κ2) is 9.80. The lowest BCUT2D eigenvalue weighted by atomic mass is 10.3. The van der Waals surface area contributed by atoms with Gasteiger partial charge in [-0.3, -0.25) is 4.79 Å². The van der Waals surface area contributed by atoms with Crippen LogP contribution in [-0.4, -0.2) is 21.6 Å². The molecule has 0 rings (SSSR count). The predicted molar refractivity (Wildman–Crippen MR) is 60.3 cm³/mol. The third-order valence-electron chi connectivity index (χ3n) is 1.20. The van der Waals surface area contributed by atoms with Crippen LogP contribution in [0, 0.1) is 0 Å². The molecule has 0 radical (unpaired) electrons. The third-order valence-corrected chi connectivity index (χ3v) is 1.20. The van der Waals surface area contributed by atoms with Crippen molar-refractivity contribution < 1.29 is 14.6 Å². The second-order valence-electron chi connectivity index (χ2n) is 2.34. The van der Waals surface area contributed by atoms with Gasteiger partial charge in [-0.25, -0.2) is 0 Å². The highest BCUT2D eigenvalue weighted by molar-refractivity contribution is 8.10. The molecular formula is C8H16O3S2. The molecule has 0 fully saturated rings. The van der Waals surface area contributed by atoms with E-state index in [9.17, 15) is 4.79 Å². The molecule has 78 valence electrons. The first-order valence-electron chi connectivity index (χ1n) is 4.05. The van der Waals surface area contributed by atoms with Crippen molar-refractivity contribution in [1.29, 1.82) is 0 Å². The van der Waals surface area contributed by atoms with Gasteiger partial charge in [-0.1, -0.05) is 26.5 Å². The Hall–Kier alpha value is -0.290. The van der Waals surface area contributed by atoms with Gasteiger partial charge in [0.15, 0.2) is 0 Å². The zero-order valence-corrected chi connectivity index (χ0v) is 9.82. The van der Waals surface area contributed by atoms with Crippen LogP contribution in [0.2, 0.25) is 0 Å². The predicted octanol–water partition coefficient (Wildman–Crippen LogP) is 2.50. The van der Waals surface area contributed by atoms with Gasteiger partial charge >= 0.3 is 5.97 Å². The van der Waals surface area contributed by atoms with E-state index in [0.717, 1.165) is 6.42 Å². The van der Waals surface area contributed by atoms with Crippen LogP contribution in [-0.2, 0) is 9.53 Å². The van der Waals surface area contributed by atoms with Crippen molar-refractivity contribution in [2.75, 3.05) is 0 Å². The number of hydrogen-bond donors (Lipinski definition) is 2. The lowest BCUT2D eigenvalue weighted by Crippen LogP contribution is -2.12. The standard InChI is InChI=1S/C7H14O2.CH2OS2/c1-4-6(3)9-7(8)5-2;2-1(3)4/h6H,4-5H2,1-3H3;(H2,2,3,4). The Labute approximate surface area is 89.9 Å². The number of thiol groups is 1. The molecule has 0 aliphatic rings. The number of ether oxygens (including phenoxy) is 1. The van der Waals surface area contributed by atoms with Gasteiger partial charge in [0.25, 0.3) is 0 Å². The summed E-state index contributed by atoms with van der Waals surface area (Å²) in [7, 11) is 0. The molecule has 3 nitrogen and oxygen atoms in total. The van der Waals surface area contributed by atoms with Gasteiger partial charge in [0.2, 0.25) is 4.38 Å². The Morgan fingerprint density at radius 1 is 1.62 bits per heavy atom. The highest BCUT2D eigenvalue weighted by atomic mass is 32.1. The minimum absolute atomic E-state index is 0.0810. The Morgan fingerprint density at radius 2 is 2.00 bits per heavy atom. The molecule has 0 saturated carbocycles. The first-order valence-corrected chi connectivity index (χ1v) is 4.90. The van der Waals surface area contributed by atoms with Gasteiger partial charge in [-0.15, -0.1) is 0 Å². The zero-order chi connectivity index (χ0) is 10.9. The van der Waals surface area contributed by atoms with Crippen LogP contribution in [0.1, 0.15) is 33.6 Å². The Bertz CT molecular complexity index is 155. The van der Waals surface area contributed by atoms with Crippen LogP contribution in [0.5, 0.6) is 0 Å². The summed E-state index contributed by atoms with van der Waals surface area (Å²) in [5.74, 6) is -0.107. The Morgan fingerprint density at radius 3 is 2.23 bits per heavy atom. The van der Waals surface area contributed by atoms with Crippen molar-refractivity contribution in [1.82, 2.24) is 0 Å². The number of hydrogen-bond acceptors (Lipinski definition) is 3. The smallest absolute Gasteiger partial charge is 0.305 e. The maximum absolute atomic E-state index is 10.6. The molecule has 1 N–H and O–H groups in total. The third kappa shape index (κ3) is 18.6. The van der Waals surface area contributed by atoms with Crippen LogP contribution in [0.25, 0.3) is 0 Å². The normalized spacial score (nSPS) is 10.8. The van der Waals surface area contributed by atoms with Crippen molar-refractivity contribution in [2.24, 2.45) is 0 Å². The second-order valence-corrected chi connectivity index (χ2v) is 3.46. The number of aliphatic hydroxyl groups is 1. The SMILES string of the molecule is CCC(=O)OC(C)CC.OC(=S)S. The molecule has 1 atom stereocenters. The summed E-state index contributed by atoms with van der Waals surface area (Å²) >= 11 is 7.21. The average molecular weight is 224 g/mol. The van der Waals surface area contributed by atoms with Crippen molar-refractivity contribution >= 4 is 35.2 Å². The monoisotopic (exact) mass is 224 g/mol. The molecule has 1 unspecified atom stereocenters. The van der Waals surface area contributed by atoms with Gasteiger partial charge < -0.3 is 9.84 Å². The zero-order valence-electron chi connectivity index (χ0n) is 8.11. The van der Waals surface area contributed by atoms with Crippen molar-refractivity contribution in [3.63, 3.8) is 0 Å². The van der Waals surface area contributed by atoms with E-state index in [1.165, 1.54) is 0 Å². The summed E-state index contributed by atoms with van der Waals surface area (Å²) < 4.78 is 4.60. The first-order chi connectivity index (χ1) is 5.93. The molecular weight excluding hydrogens is 208 g/mol. The molecule has 0 aliphatic heterocycles. The summed E-state index contributed by atoms with van der Waals surface area (Å²) in [6.45, 7) is 5.69. The minimum Gasteiger partial charge on any atom is -0.494 e. The Kier molecular flexibility index (Phi) is 11.4. The maximum atomic E-state index is 10.6. The number of aliphatic hydroxyl groups excluding tert-OH is 1. The van der Waals surface area contributed by atoms with Crippen molar-refractivity contribution in [3.8, 4) is 0 Å². The summed E-state index contributed by atoms with van der Waals surface area (Å²) in [5.41, 5.74) is 0. The quantitative estimate of drug-likeness (QED) is 0.439. The topological polar surface area (TPSA) is 46.5 Å². The molecule has 0 spiro atoms. The van der Waals surface area contributed by atoms with E-state index in [1.54, 1.807) is 6.92 Å². The van der Waals surface area contributed by atoms with E-state index >= 15 is 0 Å². The Balaban J connectivity index is 0. The summed E-state index contributed by atoms with van der Waals surface area (Å²) in [6.07, 6.45) is 1.45. The summed E-state index contributed by atoms with van der Waals surface area (Å²) in [4.78, 5) is 10.6. The van der Waals surface area contributed by atoms with E-state index in [-0.39, 0.29) is 16.5 Å². The van der Waals surface area contributed by atoms with Gasteiger partial charge in [0.1, 0.15) is 0 Å². The van der Waals surface area contributed by atoms with Crippen LogP contribution in [0.3, 0.4) is 0 Å². The van der Waals surface area contributed by atoms with E-state index in [2.05, 4.69) is 24.8 Å². The summed E-state index contributed by atoms with van der Waals surface area (Å²) in [5, 5.41) is 7.65. The number of esters is 1. The van der Waals surface area contributed by atoms with Crippen molar-refractivity contribution in [2.45, 2.75) is 39.7 Å². The minimum atomic E-state index is -0.306. The van der Waals surface area contributed by atoms with Crippen LogP contribution >= 0.6 is 24.8 Å². The number of carbonyl (C=O) groups excluding carboxylic acids is 1. The first kappa shape index (κ1) is 15.2. The van der Waals surface area contributed by atoms with Gasteiger partial charge in [-0.2, -0.15) is 0 Å².